The minimum absolute atomic E-state index is 0.163. The second-order valence-corrected chi connectivity index (χ2v) is 10.0. The normalized spacial score (nSPS) is 14.8. The Balaban J connectivity index is 1.56. The molecule has 39 heavy (non-hydrogen) atoms. The number of hydrazone groups is 1. The maximum Gasteiger partial charge on any atom is 0.198 e. The highest BCUT2D eigenvalue weighted by atomic mass is 35.5. The maximum atomic E-state index is 12.8. The van der Waals surface area contributed by atoms with E-state index in [1.807, 2.05) is 65.6 Å². The first-order valence-corrected chi connectivity index (χ1v) is 13.2. The van der Waals surface area contributed by atoms with Gasteiger partial charge < -0.3 is 9.47 Å². The molecule has 0 bridgehead atoms. The van der Waals surface area contributed by atoms with Gasteiger partial charge in [0.2, 0.25) is 0 Å². The predicted octanol–water partition coefficient (Wildman–Crippen LogP) is 8.16. The number of para-hydroxylation sites is 1. The fourth-order valence-electron chi connectivity index (χ4n) is 4.39. The number of carbonyl (C=O) groups is 1. The third-order valence-corrected chi connectivity index (χ3v) is 7.23. The van der Waals surface area contributed by atoms with Crippen LogP contribution >= 0.6 is 34.8 Å². The highest BCUT2D eigenvalue weighted by Crippen LogP contribution is 2.42. The molecule has 6 nitrogen and oxygen atoms in total. The number of ether oxygens (including phenoxy) is 2. The summed E-state index contributed by atoms with van der Waals surface area (Å²) >= 11 is 18.8. The molecule has 0 saturated heterocycles. The lowest BCUT2D eigenvalue weighted by atomic mass is 10.1. The Kier molecular flexibility index (Phi) is 7.98. The van der Waals surface area contributed by atoms with Gasteiger partial charge in [0, 0.05) is 38.8 Å². The van der Waals surface area contributed by atoms with Crippen molar-refractivity contribution in [3.8, 4) is 11.5 Å². The number of methoxy groups -OCH3 is 1. The topological polar surface area (TPSA) is 54.4 Å². The van der Waals surface area contributed by atoms with Crippen LogP contribution in [0, 0.1) is 0 Å². The fraction of sp³-hybridized carbons (Fsp3) is 0.133. The van der Waals surface area contributed by atoms with Gasteiger partial charge >= 0.3 is 0 Å². The number of rotatable bonds is 8. The summed E-state index contributed by atoms with van der Waals surface area (Å²) in [5.74, 6) is 1.18. The van der Waals surface area contributed by atoms with Crippen molar-refractivity contribution in [1.29, 1.82) is 0 Å². The van der Waals surface area contributed by atoms with Gasteiger partial charge in [-0.2, -0.15) is 0 Å². The van der Waals surface area contributed by atoms with Crippen molar-refractivity contribution in [3.63, 3.8) is 0 Å². The number of Topliss-reactive ketones (excluding diaryl/α,β-unsaturated/α-hetero) is 1. The quantitative estimate of drug-likeness (QED) is 0.210. The summed E-state index contributed by atoms with van der Waals surface area (Å²) in [7, 11) is 1.58. The molecule has 0 N–H and O–H groups in total. The Labute approximate surface area is 241 Å². The molecule has 0 radical (unpaired) electrons. The molecule has 198 valence electrons. The van der Waals surface area contributed by atoms with Crippen molar-refractivity contribution in [2.45, 2.75) is 19.7 Å². The molecule has 5 rings (SSSR count). The van der Waals surface area contributed by atoms with E-state index in [2.05, 4.69) is 0 Å². The van der Waals surface area contributed by atoms with Gasteiger partial charge in [-0.3, -0.25) is 9.69 Å². The molecule has 1 aliphatic rings. The first kappa shape index (κ1) is 26.9. The minimum atomic E-state index is -0.492. The van der Waals surface area contributed by atoms with E-state index in [0.29, 0.717) is 38.0 Å². The molecule has 0 fully saturated rings. The van der Waals surface area contributed by atoms with E-state index in [1.165, 1.54) is 6.92 Å². The third-order valence-electron chi connectivity index (χ3n) is 6.27. The van der Waals surface area contributed by atoms with Crippen molar-refractivity contribution in [2.24, 2.45) is 5.10 Å². The molecule has 1 heterocycles. The van der Waals surface area contributed by atoms with Gasteiger partial charge in [0.15, 0.2) is 29.3 Å². The molecule has 1 atom stereocenters. The number of benzene rings is 4. The summed E-state index contributed by atoms with van der Waals surface area (Å²) in [6, 6.07) is 27.9. The third kappa shape index (κ3) is 5.55. The number of carbonyl (C=O) groups excluding carboxylic acids is 1. The van der Waals surface area contributed by atoms with Gasteiger partial charge in [-0.15, -0.1) is 5.10 Å². The Bertz CT molecular complexity index is 1510. The van der Waals surface area contributed by atoms with Crippen LogP contribution in [0.4, 0.5) is 11.4 Å². The van der Waals surface area contributed by atoms with E-state index in [1.54, 1.807) is 42.5 Å². The number of hydrogen-bond donors (Lipinski definition) is 0. The lowest BCUT2D eigenvalue weighted by Crippen LogP contribution is -2.37. The van der Waals surface area contributed by atoms with Crippen molar-refractivity contribution >= 4 is 57.8 Å². The Morgan fingerprint density at radius 1 is 0.846 bits per heavy atom. The van der Waals surface area contributed by atoms with Gasteiger partial charge in [-0.25, -0.2) is 5.01 Å². The monoisotopic (exact) mass is 579 g/mol. The molecular weight excluding hydrogens is 557 g/mol. The zero-order valence-electron chi connectivity index (χ0n) is 21.1. The lowest BCUT2D eigenvalue weighted by molar-refractivity contribution is -0.111. The van der Waals surface area contributed by atoms with Crippen LogP contribution in [0.3, 0.4) is 0 Å². The molecule has 9 heteroatoms. The summed E-state index contributed by atoms with van der Waals surface area (Å²) in [5.41, 5.74) is 3.11. The fourth-order valence-corrected chi connectivity index (χ4v) is 5.02. The van der Waals surface area contributed by atoms with E-state index in [-0.39, 0.29) is 12.4 Å². The van der Waals surface area contributed by atoms with Crippen LogP contribution in [-0.2, 0) is 11.4 Å². The second kappa shape index (κ2) is 11.6. The van der Waals surface area contributed by atoms with E-state index >= 15 is 0 Å². The van der Waals surface area contributed by atoms with Crippen LogP contribution in [0.2, 0.25) is 15.1 Å². The summed E-state index contributed by atoms with van der Waals surface area (Å²) in [5, 5.41) is 8.21. The van der Waals surface area contributed by atoms with Crippen LogP contribution in [0.1, 0.15) is 24.2 Å². The molecule has 0 amide bonds. The summed E-state index contributed by atoms with van der Waals surface area (Å²) in [6.45, 7) is 1.68. The molecule has 0 spiro atoms. The van der Waals surface area contributed by atoms with Gasteiger partial charge in [0.25, 0.3) is 0 Å². The Morgan fingerprint density at radius 2 is 1.54 bits per heavy atom. The van der Waals surface area contributed by atoms with Gasteiger partial charge in [-0.05, 0) is 60.7 Å². The number of halogens is 3. The smallest absolute Gasteiger partial charge is 0.198 e. The largest absolute Gasteiger partial charge is 0.493 e. The Morgan fingerprint density at radius 3 is 2.18 bits per heavy atom. The number of amidine groups is 1. The molecular formula is C30H24Cl3N3O3. The van der Waals surface area contributed by atoms with E-state index in [9.17, 15) is 4.79 Å². The molecule has 1 aliphatic heterocycles. The van der Waals surface area contributed by atoms with Crippen LogP contribution in [0.5, 0.6) is 11.5 Å². The minimum Gasteiger partial charge on any atom is -0.493 e. The number of nitrogens with zero attached hydrogens (tertiary/aromatic N) is 3. The highest BCUT2D eigenvalue weighted by molar-refractivity contribution is 6.44. The number of ketones is 1. The van der Waals surface area contributed by atoms with Crippen molar-refractivity contribution in [1.82, 2.24) is 0 Å². The van der Waals surface area contributed by atoms with Gasteiger partial charge in [0.1, 0.15) is 6.61 Å². The first-order valence-electron chi connectivity index (χ1n) is 12.1. The van der Waals surface area contributed by atoms with Crippen molar-refractivity contribution in [2.75, 3.05) is 17.0 Å². The van der Waals surface area contributed by atoms with Crippen molar-refractivity contribution in [3.05, 3.63) is 117 Å². The standard InChI is InChI=1S/C30H24Cl3N3O3/c1-19(37)29-34-36(23-14-12-21(31)13-15-23)30(35(29)22-7-4-3-5-8-22)20-11-16-27(28(17-20)38-2)39-18-24-25(32)9-6-10-26(24)33/h3-17,30H,18H2,1-2H3/t30-/m0/s1. The number of hydrogen-bond acceptors (Lipinski definition) is 6. The number of anilines is 2. The van der Waals surface area contributed by atoms with Crippen molar-refractivity contribution < 1.29 is 14.3 Å². The summed E-state index contributed by atoms with van der Waals surface area (Å²) in [4.78, 5) is 14.7. The molecule has 0 saturated carbocycles. The van der Waals surface area contributed by atoms with E-state index in [0.717, 1.165) is 16.9 Å². The maximum absolute atomic E-state index is 12.8. The van der Waals surface area contributed by atoms with Gasteiger partial charge in [0.05, 0.1) is 12.8 Å². The van der Waals surface area contributed by atoms with Gasteiger partial charge in [-0.1, -0.05) is 65.1 Å². The molecule has 0 unspecified atom stereocenters. The lowest BCUT2D eigenvalue weighted by Gasteiger charge is -2.32. The second-order valence-electron chi connectivity index (χ2n) is 8.78. The average Bonchev–Trinajstić information content (AvgIpc) is 3.35. The first-order chi connectivity index (χ1) is 18.9. The highest BCUT2D eigenvalue weighted by Gasteiger charge is 2.39. The SMILES string of the molecule is COc1cc([C@@H]2N(c3ccc(Cl)cc3)N=C(C(C)=O)N2c2ccccc2)ccc1OCc1c(Cl)cccc1Cl. The van der Waals surface area contributed by atoms with Crippen LogP contribution < -0.4 is 19.4 Å². The average molecular weight is 581 g/mol. The predicted molar refractivity (Wildman–Crippen MR) is 157 cm³/mol. The molecule has 0 aromatic heterocycles. The molecule has 0 aliphatic carbocycles. The zero-order chi connectivity index (χ0) is 27.5. The summed E-state index contributed by atoms with van der Waals surface area (Å²) in [6.07, 6.45) is -0.492. The van der Waals surface area contributed by atoms with Crippen LogP contribution in [0.15, 0.2) is 96.1 Å². The van der Waals surface area contributed by atoms with E-state index < -0.39 is 6.17 Å². The zero-order valence-corrected chi connectivity index (χ0v) is 23.4. The van der Waals surface area contributed by atoms with Crippen LogP contribution in [0.25, 0.3) is 0 Å². The van der Waals surface area contributed by atoms with E-state index in [4.69, 9.17) is 49.4 Å². The summed E-state index contributed by atoms with van der Waals surface area (Å²) < 4.78 is 11.8. The van der Waals surface area contributed by atoms with Crippen LogP contribution in [-0.4, -0.2) is 18.7 Å². The Hall–Kier alpha value is -3.71. The molecule has 4 aromatic carbocycles. The molecule has 4 aromatic rings.